The molecule has 0 saturated carbocycles. The van der Waals surface area contributed by atoms with Gasteiger partial charge in [-0.25, -0.2) is 13.2 Å². The van der Waals surface area contributed by atoms with Crippen LogP contribution in [0.25, 0.3) is 0 Å². The molecule has 2 aliphatic heterocycles. The van der Waals surface area contributed by atoms with Gasteiger partial charge in [-0.2, -0.15) is 16.8 Å². The molecule has 0 unspecified atom stereocenters. The number of piperidine rings is 1. The predicted molar refractivity (Wildman–Crippen MR) is 245 cm³/mol. The van der Waals surface area contributed by atoms with Gasteiger partial charge in [0.05, 0.1) is 5.02 Å². The highest BCUT2D eigenvalue weighted by Gasteiger charge is 2.47. The van der Waals surface area contributed by atoms with Crippen LogP contribution in [-0.2, 0) is 73.9 Å². The van der Waals surface area contributed by atoms with E-state index in [1.54, 1.807) is 27.7 Å². The number of phenolic OH excluding ortho intramolecular Hbond substituents is 1. The maximum Gasteiger partial charge on any atom is 0.398 e. The number of phenols is 1. The van der Waals surface area contributed by atoms with Crippen molar-refractivity contribution in [3.05, 3.63) is 28.8 Å². The van der Waals surface area contributed by atoms with Crippen LogP contribution < -0.4 is 32.7 Å². The average Bonchev–Trinajstić information content (AvgIpc) is 3.27. The topological polar surface area (TPSA) is 415 Å². The van der Waals surface area contributed by atoms with E-state index in [0.29, 0.717) is 5.56 Å². The number of aliphatic imine (C=N–C) groups is 1. The molecule has 1 aromatic carbocycles. The first-order valence-corrected chi connectivity index (χ1v) is 25.1. The molecule has 2 heterocycles. The molecule has 3 rings (SSSR count). The Morgan fingerprint density at radius 1 is 0.957 bits per heavy atom. The number of nitrogens with zero attached hydrogens (tertiary/aromatic N) is 3. The number of aromatic hydroxyl groups is 1. The van der Waals surface area contributed by atoms with Crippen molar-refractivity contribution in [2.75, 3.05) is 20.2 Å². The Labute approximate surface area is 409 Å². The predicted octanol–water partition coefficient (Wildman–Crippen LogP) is -2.24. The van der Waals surface area contributed by atoms with E-state index in [-0.39, 0.29) is 68.2 Å². The van der Waals surface area contributed by atoms with Gasteiger partial charge in [0.1, 0.15) is 60.9 Å². The number of aliphatic hydroxyl groups is 1. The van der Waals surface area contributed by atoms with Crippen LogP contribution in [0.3, 0.4) is 0 Å². The fraction of sp³-hybridized carbons (Fsp3) is 0.650. The first-order valence-electron chi connectivity index (χ1n) is 22.0. The van der Waals surface area contributed by atoms with Gasteiger partial charge in [-0.3, -0.25) is 42.9 Å². The van der Waals surface area contributed by atoms with Crippen molar-refractivity contribution in [1.29, 1.82) is 0 Å². The summed E-state index contributed by atoms with van der Waals surface area (Å²) in [6.45, 7) is 5.89. The molecule has 30 heteroatoms. The molecular formula is C40H62ClN9O18S2. The molecule has 6 amide bonds. The summed E-state index contributed by atoms with van der Waals surface area (Å²) in [6, 6.07) is -5.83. The molecule has 70 heavy (non-hydrogen) atoms. The normalized spacial score (nSPS) is 26.0. The zero-order valence-corrected chi connectivity index (χ0v) is 41.5. The Balaban J connectivity index is 2.31. The number of guanidine groups is 1. The Hall–Kier alpha value is -5.43. The number of aliphatic hydroxyl groups excluding tert-OH is 1. The molecule has 2 saturated heterocycles. The van der Waals surface area contributed by atoms with Crippen molar-refractivity contribution in [2.45, 2.75) is 134 Å². The second kappa shape index (κ2) is 25.6. The number of nitrogens with one attached hydrogen (secondary N) is 4. The zero-order valence-electron chi connectivity index (χ0n) is 39.1. The maximum absolute atomic E-state index is 14.9. The molecule has 0 spiro atoms. The lowest BCUT2D eigenvalue weighted by Gasteiger charge is -2.44. The van der Waals surface area contributed by atoms with Gasteiger partial charge in [-0.1, -0.05) is 58.2 Å². The van der Waals surface area contributed by atoms with Crippen molar-refractivity contribution >= 4 is 79.8 Å². The standard InChI is InChI=1S/C40H62ClN9O18S2/c1-7-19(3)30-39(59)67-21(5)31(48-35(55)28(68-70(63,64)65)18-66-69(60,61)62)36(56)45-24(10-9-15-44-40(42)43)33(53)46-25-12-14-29(52)50(37(25)57)32(20(4)8-2)38(58)49(6)26(34(54)47-30)17-22-11-13-27(51)23(41)16-22/h11,13,16,19-21,24-26,28-32,51-52H,7-10,12,14-15,17-18H2,1-6H3,(H,45,56)(H,46,53)(H,47,54)(H,48,55)(H4,42,43,44)(H,60,61,62)(H,63,64,65)/t19-,20-,21+,24-,25-,26-,28-,29+,30-,31-,32+/m0/s1. The number of hydrogen-bond acceptors (Lipinski definition) is 17. The summed E-state index contributed by atoms with van der Waals surface area (Å²) in [7, 11) is -9.72. The Morgan fingerprint density at radius 2 is 1.60 bits per heavy atom. The largest absolute Gasteiger partial charge is 0.506 e. The number of rotatable bonds is 17. The Morgan fingerprint density at radius 3 is 2.17 bits per heavy atom. The molecule has 0 aliphatic carbocycles. The van der Waals surface area contributed by atoms with Gasteiger partial charge in [0.25, 0.3) is 5.91 Å². The third-order valence-electron chi connectivity index (χ3n) is 11.8. The number of esters is 1. The average molecular weight is 1060 g/mol. The molecule has 2 aliphatic rings. The van der Waals surface area contributed by atoms with E-state index in [1.807, 2.05) is 5.32 Å². The highest BCUT2D eigenvalue weighted by molar-refractivity contribution is 7.81. The number of hydrogen-bond donors (Lipinski definition) is 10. The molecule has 27 nitrogen and oxygen atoms in total. The van der Waals surface area contributed by atoms with Crippen LogP contribution in [0.4, 0.5) is 0 Å². The smallest absolute Gasteiger partial charge is 0.398 e. The van der Waals surface area contributed by atoms with Gasteiger partial charge in [0, 0.05) is 20.0 Å². The zero-order chi connectivity index (χ0) is 53.0. The van der Waals surface area contributed by atoms with Crippen molar-refractivity contribution in [1.82, 2.24) is 31.1 Å². The van der Waals surface area contributed by atoms with Gasteiger partial charge in [-0.15, -0.1) is 0 Å². The van der Waals surface area contributed by atoms with Gasteiger partial charge < -0.3 is 57.5 Å². The van der Waals surface area contributed by atoms with Crippen LogP contribution in [0.1, 0.15) is 78.7 Å². The number of benzene rings is 1. The van der Waals surface area contributed by atoms with Crippen LogP contribution in [0.2, 0.25) is 5.02 Å². The number of halogens is 1. The van der Waals surface area contributed by atoms with Crippen LogP contribution in [0.15, 0.2) is 23.2 Å². The van der Waals surface area contributed by atoms with Crippen LogP contribution >= 0.6 is 11.6 Å². The number of fused-ring (bicyclic) bond motifs is 2. The van der Waals surface area contributed by atoms with Gasteiger partial charge >= 0.3 is 26.8 Å². The second-order valence-corrected chi connectivity index (χ2v) is 19.4. The molecule has 2 bridgehead atoms. The first-order chi connectivity index (χ1) is 32.5. The summed E-state index contributed by atoms with van der Waals surface area (Å²) in [4.78, 5) is 106. The van der Waals surface area contributed by atoms with Gasteiger partial charge in [-0.05, 0) is 62.1 Å². The molecule has 394 valence electrons. The first kappa shape index (κ1) is 58.9. The summed E-state index contributed by atoms with van der Waals surface area (Å²) >= 11 is 6.21. The quantitative estimate of drug-likeness (QED) is 0.0259. The third kappa shape index (κ3) is 16.9. The lowest BCUT2D eigenvalue weighted by Crippen LogP contribution is -2.66. The molecule has 1 aromatic rings. The number of nitrogens with two attached hydrogens (primary N) is 2. The SMILES string of the molecule is CC[C@H](C)[C@@H]1NC(=O)[C@H](Cc2ccc(O)c(Cl)c2)N(C)C(=O)[C@@H]([C@@H](C)CC)N2C(=O)[C@H](CC[C@H]2O)NC(=O)[C@H](CCCN=C(N)N)NC(=O)[C@@H](NC(=O)[C@H](COS(=O)(=O)O)OS(=O)(=O)O)[C@@H](C)OC1=O. The summed E-state index contributed by atoms with van der Waals surface area (Å²) in [5.41, 5.74) is 11.2. The maximum atomic E-state index is 14.9. The van der Waals surface area contributed by atoms with E-state index in [2.05, 4.69) is 29.3 Å². The lowest BCUT2D eigenvalue weighted by atomic mass is 9.91. The minimum Gasteiger partial charge on any atom is -0.506 e. The minimum absolute atomic E-state index is 0.0245. The summed E-state index contributed by atoms with van der Waals surface area (Å²) in [6.07, 6.45) is -6.60. The van der Waals surface area contributed by atoms with Crippen LogP contribution in [0, 0.1) is 11.8 Å². The van der Waals surface area contributed by atoms with Gasteiger partial charge in [0.2, 0.25) is 29.5 Å². The van der Waals surface area contributed by atoms with Crippen molar-refractivity contribution in [2.24, 2.45) is 28.3 Å². The lowest BCUT2D eigenvalue weighted by molar-refractivity contribution is -0.168. The number of cyclic esters (lactones) is 1. The van der Waals surface area contributed by atoms with Crippen molar-refractivity contribution in [3.63, 3.8) is 0 Å². The van der Waals surface area contributed by atoms with E-state index >= 15 is 0 Å². The molecular weight excluding hydrogens is 994 g/mol. The van der Waals surface area contributed by atoms with E-state index in [1.165, 1.54) is 25.2 Å². The van der Waals surface area contributed by atoms with Crippen LogP contribution in [-0.4, -0.2) is 168 Å². The molecule has 0 radical (unpaired) electrons. The van der Waals surface area contributed by atoms with E-state index in [0.717, 1.165) is 16.7 Å². The van der Waals surface area contributed by atoms with Crippen molar-refractivity contribution in [3.8, 4) is 5.75 Å². The van der Waals surface area contributed by atoms with E-state index in [9.17, 15) is 65.2 Å². The monoisotopic (exact) mass is 1060 g/mol. The van der Waals surface area contributed by atoms with E-state index in [4.69, 9.17) is 32.4 Å². The van der Waals surface area contributed by atoms with E-state index < -0.39 is 135 Å². The van der Waals surface area contributed by atoms with Crippen LogP contribution in [0.5, 0.6) is 5.75 Å². The summed E-state index contributed by atoms with van der Waals surface area (Å²) < 4.78 is 78.6. The number of ether oxygens (including phenoxy) is 1. The third-order valence-corrected chi connectivity index (χ3v) is 13.0. The minimum atomic E-state index is -5.60. The second-order valence-electron chi connectivity index (χ2n) is 16.9. The highest BCUT2D eigenvalue weighted by Crippen LogP contribution is 2.29. The Bertz CT molecular complexity index is 2340. The number of likely N-dealkylation sites (N-methyl/N-ethyl adjacent to an activating group) is 1. The molecule has 2 fully saturated rings. The van der Waals surface area contributed by atoms with Crippen molar-refractivity contribution < 1.29 is 82.8 Å². The summed E-state index contributed by atoms with van der Waals surface area (Å²) in [5.74, 6) is -10.1. The Kier molecular flexibility index (Phi) is 21.5. The van der Waals surface area contributed by atoms with Gasteiger partial charge in [0.15, 0.2) is 12.1 Å². The highest BCUT2D eigenvalue weighted by atomic mass is 35.5. The molecule has 0 aromatic heterocycles. The fourth-order valence-corrected chi connectivity index (χ4v) is 8.46. The molecule has 11 atom stereocenters. The summed E-state index contributed by atoms with van der Waals surface area (Å²) in [5, 5.41) is 31.0. The molecule has 12 N–H and O–H groups in total. The number of carbonyl (C=O) groups is 7. The number of amides is 6. The fourth-order valence-electron chi connectivity index (χ4n) is 7.52. The number of carbonyl (C=O) groups excluding carboxylic acids is 7.